The molecule has 0 aromatic carbocycles. The van der Waals surface area contributed by atoms with Crippen molar-refractivity contribution in [3.05, 3.63) is 22.8 Å². The Kier molecular flexibility index (Phi) is 6.18. The highest BCUT2D eigenvalue weighted by atomic mass is 19.4. The van der Waals surface area contributed by atoms with E-state index in [0.29, 0.717) is 18.4 Å². The number of alkyl halides is 3. The maximum atomic E-state index is 12.9. The average molecular weight is 262 g/mol. The largest absolute Gasteiger partial charge is 0.416 e. The van der Waals surface area contributed by atoms with Crippen LogP contribution in [0.25, 0.3) is 0 Å². The first-order valence-electron chi connectivity index (χ1n) is 6.72. The molecule has 0 aromatic heterocycles. The van der Waals surface area contributed by atoms with Crippen molar-refractivity contribution in [2.75, 3.05) is 0 Å². The van der Waals surface area contributed by atoms with Crippen LogP contribution in [0.5, 0.6) is 0 Å². The third kappa shape index (κ3) is 4.18. The molecule has 0 radical (unpaired) electrons. The minimum atomic E-state index is -4.22. The SMILES string of the molecule is CC.CCC1=C(CC)C(C(F)(F)F)=CC(C)(C)C1. The van der Waals surface area contributed by atoms with Gasteiger partial charge >= 0.3 is 6.18 Å². The van der Waals surface area contributed by atoms with Crippen LogP contribution in [0.15, 0.2) is 22.8 Å². The predicted octanol–water partition coefficient (Wildman–Crippen LogP) is 6.05. The Hall–Kier alpha value is -0.730. The second-order valence-corrected chi connectivity index (χ2v) is 5.01. The monoisotopic (exact) mass is 262 g/mol. The van der Waals surface area contributed by atoms with E-state index in [1.807, 2.05) is 34.6 Å². The van der Waals surface area contributed by atoms with Crippen molar-refractivity contribution in [3.8, 4) is 0 Å². The molecule has 0 N–H and O–H groups in total. The van der Waals surface area contributed by atoms with Gasteiger partial charge in [-0.3, -0.25) is 0 Å². The quantitative estimate of drug-likeness (QED) is 0.568. The Morgan fingerprint density at radius 2 is 1.61 bits per heavy atom. The van der Waals surface area contributed by atoms with Crippen LogP contribution in [0.1, 0.15) is 60.8 Å². The molecule has 0 aliphatic heterocycles. The Morgan fingerprint density at radius 1 is 1.11 bits per heavy atom. The summed E-state index contributed by atoms with van der Waals surface area (Å²) in [6.45, 7) is 11.4. The van der Waals surface area contributed by atoms with Crippen LogP contribution in [-0.2, 0) is 0 Å². The molecule has 0 bridgehead atoms. The second-order valence-electron chi connectivity index (χ2n) is 5.01. The first-order valence-corrected chi connectivity index (χ1v) is 6.72. The molecule has 0 saturated carbocycles. The molecule has 0 saturated heterocycles. The molecule has 1 rings (SSSR count). The fraction of sp³-hybridized carbons (Fsp3) is 0.733. The smallest absolute Gasteiger partial charge is 0.166 e. The molecule has 0 fully saturated rings. The number of hydrogen-bond acceptors (Lipinski definition) is 0. The van der Waals surface area contributed by atoms with Crippen LogP contribution in [-0.4, -0.2) is 6.18 Å². The highest BCUT2D eigenvalue weighted by Crippen LogP contribution is 2.45. The van der Waals surface area contributed by atoms with Crippen LogP contribution in [0.4, 0.5) is 13.2 Å². The second kappa shape index (κ2) is 6.44. The number of allylic oxidation sites excluding steroid dienone is 4. The Balaban J connectivity index is 0.00000137. The Labute approximate surface area is 109 Å². The van der Waals surface area contributed by atoms with Gasteiger partial charge in [0.15, 0.2) is 0 Å². The molecule has 106 valence electrons. The minimum absolute atomic E-state index is 0.380. The van der Waals surface area contributed by atoms with Crippen molar-refractivity contribution in [1.29, 1.82) is 0 Å². The molecule has 0 amide bonds. The van der Waals surface area contributed by atoms with E-state index in [-0.39, 0.29) is 5.41 Å². The fourth-order valence-electron chi connectivity index (χ4n) is 2.41. The van der Waals surface area contributed by atoms with E-state index in [2.05, 4.69) is 0 Å². The highest BCUT2D eigenvalue weighted by Gasteiger charge is 2.40. The van der Waals surface area contributed by atoms with Crippen molar-refractivity contribution in [2.24, 2.45) is 5.41 Å². The summed E-state index contributed by atoms with van der Waals surface area (Å²) in [6, 6.07) is 0. The minimum Gasteiger partial charge on any atom is -0.166 e. The molecule has 0 aromatic rings. The van der Waals surface area contributed by atoms with Gasteiger partial charge in [-0.1, -0.05) is 53.2 Å². The molecule has 3 heteroatoms. The molecule has 1 aliphatic carbocycles. The Bertz CT molecular complexity index is 327. The van der Waals surface area contributed by atoms with Gasteiger partial charge in [0.1, 0.15) is 0 Å². The first kappa shape index (κ1) is 17.3. The van der Waals surface area contributed by atoms with Crippen LogP contribution >= 0.6 is 0 Å². The van der Waals surface area contributed by atoms with E-state index in [0.717, 1.165) is 12.0 Å². The standard InChI is InChI=1S/C13H19F3.C2H6/c1-5-9-7-12(3,4)8-11(10(9)6-2)13(14,15)16;1-2/h8H,5-7H2,1-4H3;1-2H3. The molecular weight excluding hydrogens is 237 g/mol. The van der Waals surface area contributed by atoms with E-state index >= 15 is 0 Å². The summed E-state index contributed by atoms with van der Waals surface area (Å²) in [4.78, 5) is 0. The summed E-state index contributed by atoms with van der Waals surface area (Å²) in [5, 5.41) is 0. The van der Waals surface area contributed by atoms with E-state index in [1.165, 1.54) is 6.08 Å². The normalized spacial score (nSPS) is 19.1. The number of halogens is 3. The average Bonchev–Trinajstić information content (AvgIpc) is 2.28. The van der Waals surface area contributed by atoms with E-state index in [9.17, 15) is 13.2 Å². The van der Waals surface area contributed by atoms with Gasteiger partial charge in [0.2, 0.25) is 0 Å². The lowest BCUT2D eigenvalue weighted by molar-refractivity contribution is -0.0909. The third-order valence-corrected chi connectivity index (χ3v) is 3.04. The zero-order valence-corrected chi connectivity index (χ0v) is 12.3. The molecule has 0 heterocycles. The summed E-state index contributed by atoms with van der Waals surface area (Å²) in [5.41, 5.74) is 0.675. The van der Waals surface area contributed by atoms with Crippen molar-refractivity contribution < 1.29 is 13.2 Å². The molecule has 1 aliphatic rings. The molecule has 0 nitrogen and oxygen atoms in total. The van der Waals surface area contributed by atoms with Gasteiger partial charge in [-0.2, -0.15) is 13.2 Å². The topological polar surface area (TPSA) is 0 Å². The summed E-state index contributed by atoms with van der Waals surface area (Å²) < 4.78 is 38.8. The number of hydrogen-bond donors (Lipinski definition) is 0. The van der Waals surface area contributed by atoms with E-state index in [4.69, 9.17) is 0 Å². The highest BCUT2D eigenvalue weighted by molar-refractivity contribution is 5.43. The van der Waals surface area contributed by atoms with Crippen molar-refractivity contribution in [2.45, 2.75) is 67.0 Å². The van der Waals surface area contributed by atoms with E-state index < -0.39 is 11.7 Å². The summed E-state index contributed by atoms with van der Waals surface area (Å²) in [5.74, 6) is 0. The van der Waals surface area contributed by atoms with Gasteiger partial charge in [0, 0.05) is 0 Å². The van der Waals surface area contributed by atoms with Crippen LogP contribution in [0.2, 0.25) is 0 Å². The van der Waals surface area contributed by atoms with Gasteiger partial charge in [0.05, 0.1) is 5.57 Å². The summed E-state index contributed by atoms with van der Waals surface area (Å²) >= 11 is 0. The lowest BCUT2D eigenvalue weighted by atomic mass is 9.74. The summed E-state index contributed by atoms with van der Waals surface area (Å²) in [7, 11) is 0. The van der Waals surface area contributed by atoms with Crippen molar-refractivity contribution in [1.82, 2.24) is 0 Å². The van der Waals surface area contributed by atoms with Gasteiger partial charge < -0.3 is 0 Å². The number of rotatable bonds is 2. The van der Waals surface area contributed by atoms with Crippen LogP contribution < -0.4 is 0 Å². The lowest BCUT2D eigenvalue weighted by Crippen LogP contribution is -2.24. The molecular formula is C15H25F3. The van der Waals surface area contributed by atoms with Crippen molar-refractivity contribution in [3.63, 3.8) is 0 Å². The predicted molar refractivity (Wildman–Crippen MR) is 71.5 cm³/mol. The van der Waals surface area contributed by atoms with Crippen LogP contribution in [0.3, 0.4) is 0 Å². The zero-order chi connectivity index (χ0) is 14.6. The van der Waals surface area contributed by atoms with Gasteiger partial charge in [0.25, 0.3) is 0 Å². The van der Waals surface area contributed by atoms with Gasteiger partial charge in [-0.25, -0.2) is 0 Å². The van der Waals surface area contributed by atoms with E-state index in [1.54, 1.807) is 6.92 Å². The zero-order valence-electron chi connectivity index (χ0n) is 12.3. The molecule has 0 atom stereocenters. The maximum Gasteiger partial charge on any atom is 0.416 e. The van der Waals surface area contributed by atoms with Crippen LogP contribution in [0, 0.1) is 5.41 Å². The first-order chi connectivity index (χ1) is 8.21. The Morgan fingerprint density at radius 3 is 1.94 bits per heavy atom. The molecule has 0 spiro atoms. The molecule has 0 unspecified atom stereocenters. The summed E-state index contributed by atoms with van der Waals surface area (Å²) in [6.07, 6.45) is -0.911. The molecule has 18 heavy (non-hydrogen) atoms. The van der Waals surface area contributed by atoms with Gasteiger partial charge in [-0.15, -0.1) is 0 Å². The lowest BCUT2D eigenvalue weighted by Gasteiger charge is -2.32. The maximum absolute atomic E-state index is 12.9. The van der Waals surface area contributed by atoms with Crippen molar-refractivity contribution >= 4 is 0 Å². The third-order valence-electron chi connectivity index (χ3n) is 3.04. The van der Waals surface area contributed by atoms with Gasteiger partial charge in [-0.05, 0) is 30.3 Å². The fourth-order valence-corrected chi connectivity index (χ4v) is 2.41.